The second-order valence-corrected chi connectivity index (χ2v) is 3.46. The summed E-state index contributed by atoms with van der Waals surface area (Å²) in [6.07, 6.45) is -10.6. The van der Waals surface area contributed by atoms with Crippen molar-refractivity contribution in [3.05, 3.63) is 28.8 Å². The molecule has 3 nitrogen and oxygen atoms in total. The molecule has 1 aromatic carbocycles. The number of nitrogens with two attached hydrogens (primary N) is 1. The third-order valence-electron chi connectivity index (χ3n) is 2.20. The first-order chi connectivity index (χ1) is 8.48. The van der Waals surface area contributed by atoms with Crippen molar-refractivity contribution < 1.29 is 35.9 Å². The number of carbonyl (C=O) groups excluding carboxylic acids is 1. The maximum atomic E-state index is 12.7. The molecule has 9 heteroatoms. The van der Waals surface area contributed by atoms with E-state index in [4.69, 9.17) is 5.73 Å². The predicted molar refractivity (Wildman–Crippen MR) is 51.5 cm³/mol. The van der Waals surface area contributed by atoms with E-state index in [0.29, 0.717) is 6.07 Å². The fourth-order valence-electron chi connectivity index (χ4n) is 1.43. The van der Waals surface area contributed by atoms with Gasteiger partial charge in [-0.05, 0) is 12.1 Å². The Morgan fingerprint density at radius 1 is 1.11 bits per heavy atom. The molecular formula is C10H7F6NO2. The second-order valence-electron chi connectivity index (χ2n) is 3.46. The number of rotatable bonds is 2. The number of ether oxygens (including phenoxy) is 1. The van der Waals surface area contributed by atoms with E-state index in [1.807, 2.05) is 0 Å². The lowest BCUT2D eigenvalue weighted by Crippen LogP contribution is -2.20. The summed E-state index contributed by atoms with van der Waals surface area (Å²) < 4.78 is 80.2. The third kappa shape index (κ3) is 3.09. The maximum Gasteiger partial charge on any atom is 0.420 e. The lowest BCUT2D eigenvalue weighted by atomic mass is 10.0. The van der Waals surface area contributed by atoms with Crippen molar-refractivity contribution in [1.29, 1.82) is 0 Å². The van der Waals surface area contributed by atoms with Gasteiger partial charge in [0.15, 0.2) is 0 Å². The van der Waals surface area contributed by atoms with Gasteiger partial charge in [0, 0.05) is 5.56 Å². The molecule has 0 aliphatic carbocycles. The molecule has 0 aromatic heterocycles. The van der Waals surface area contributed by atoms with Gasteiger partial charge in [0.05, 0.1) is 12.7 Å². The molecule has 0 saturated carbocycles. The summed E-state index contributed by atoms with van der Waals surface area (Å²) >= 11 is 0. The number of hydrogen-bond donors (Lipinski definition) is 1. The topological polar surface area (TPSA) is 52.3 Å². The summed E-state index contributed by atoms with van der Waals surface area (Å²) in [6.45, 7) is 0. The highest BCUT2D eigenvalue weighted by Gasteiger charge is 2.46. The number of halogens is 6. The quantitative estimate of drug-likeness (QED) is 0.850. The Morgan fingerprint density at radius 2 is 1.63 bits per heavy atom. The highest BCUT2D eigenvalue weighted by molar-refractivity contribution is 5.93. The molecule has 106 valence electrons. The first kappa shape index (κ1) is 15.1. The number of methoxy groups -OCH3 is 1. The van der Waals surface area contributed by atoms with Gasteiger partial charge in [0.1, 0.15) is 11.3 Å². The lowest BCUT2D eigenvalue weighted by Gasteiger charge is -2.19. The predicted octanol–water partition coefficient (Wildman–Crippen LogP) is 2.83. The first-order valence-corrected chi connectivity index (χ1v) is 4.64. The molecule has 0 radical (unpaired) electrons. The zero-order valence-corrected chi connectivity index (χ0v) is 9.32. The van der Waals surface area contributed by atoms with Gasteiger partial charge in [-0.25, -0.2) is 0 Å². The molecular weight excluding hydrogens is 280 g/mol. The number of benzene rings is 1. The highest BCUT2D eigenvalue weighted by atomic mass is 19.4. The van der Waals surface area contributed by atoms with Gasteiger partial charge in [-0.3, -0.25) is 4.79 Å². The molecule has 1 aromatic rings. The molecule has 0 spiro atoms. The Morgan fingerprint density at radius 3 is 1.95 bits per heavy atom. The molecule has 1 rings (SSSR count). The third-order valence-corrected chi connectivity index (χ3v) is 2.20. The summed E-state index contributed by atoms with van der Waals surface area (Å²) in [5, 5.41) is 0. The lowest BCUT2D eigenvalue weighted by molar-refractivity contribution is -0.163. The summed E-state index contributed by atoms with van der Waals surface area (Å²) in [4.78, 5) is 10.8. The minimum absolute atomic E-state index is 0.0493. The molecule has 2 N–H and O–H groups in total. The summed E-state index contributed by atoms with van der Waals surface area (Å²) in [6, 6.07) is 0.564. The molecule has 0 aliphatic rings. The van der Waals surface area contributed by atoms with Crippen LogP contribution in [-0.2, 0) is 12.4 Å². The van der Waals surface area contributed by atoms with E-state index in [1.54, 1.807) is 0 Å². The average molecular weight is 287 g/mol. The smallest absolute Gasteiger partial charge is 0.420 e. The van der Waals surface area contributed by atoms with Gasteiger partial charge in [-0.2, -0.15) is 26.3 Å². The van der Waals surface area contributed by atoms with E-state index in [0.717, 1.165) is 7.11 Å². The van der Waals surface area contributed by atoms with Gasteiger partial charge in [-0.1, -0.05) is 0 Å². The van der Waals surface area contributed by atoms with Gasteiger partial charge < -0.3 is 10.5 Å². The van der Waals surface area contributed by atoms with Crippen LogP contribution in [0.2, 0.25) is 0 Å². The van der Waals surface area contributed by atoms with Crippen molar-refractivity contribution in [3.8, 4) is 5.75 Å². The van der Waals surface area contributed by atoms with E-state index in [-0.39, 0.29) is 6.07 Å². The van der Waals surface area contributed by atoms with Gasteiger partial charge in [-0.15, -0.1) is 0 Å². The van der Waals surface area contributed by atoms with Crippen LogP contribution in [0.5, 0.6) is 5.75 Å². The van der Waals surface area contributed by atoms with Crippen LogP contribution in [0.4, 0.5) is 26.3 Å². The maximum absolute atomic E-state index is 12.7. The van der Waals surface area contributed by atoms with Crippen LogP contribution < -0.4 is 10.5 Å². The number of hydrogen-bond acceptors (Lipinski definition) is 2. The molecule has 0 heterocycles. The molecule has 0 fully saturated rings. The Bertz CT molecular complexity index is 506. The van der Waals surface area contributed by atoms with E-state index >= 15 is 0 Å². The van der Waals surface area contributed by atoms with Gasteiger partial charge in [0.25, 0.3) is 0 Å². The minimum atomic E-state index is -5.30. The minimum Gasteiger partial charge on any atom is -0.496 e. The van der Waals surface area contributed by atoms with Crippen molar-refractivity contribution in [3.63, 3.8) is 0 Å². The fraction of sp³-hybridized carbons (Fsp3) is 0.300. The molecule has 0 bridgehead atoms. The van der Waals surface area contributed by atoms with Crippen LogP contribution in [0.1, 0.15) is 21.5 Å². The zero-order valence-electron chi connectivity index (χ0n) is 9.32. The van der Waals surface area contributed by atoms with Crippen molar-refractivity contribution in [2.75, 3.05) is 7.11 Å². The van der Waals surface area contributed by atoms with Crippen molar-refractivity contribution in [1.82, 2.24) is 0 Å². The number of amides is 1. The first-order valence-electron chi connectivity index (χ1n) is 4.64. The van der Waals surface area contributed by atoms with Crippen LogP contribution in [-0.4, -0.2) is 13.0 Å². The molecule has 0 atom stereocenters. The molecule has 0 aliphatic heterocycles. The fourth-order valence-corrected chi connectivity index (χ4v) is 1.43. The SMILES string of the molecule is COc1cc(C(N)=O)cc(C(F)(F)F)c1C(F)(F)F. The van der Waals surface area contributed by atoms with Crippen LogP contribution in [0.15, 0.2) is 12.1 Å². The van der Waals surface area contributed by atoms with Crippen LogP contribution in [0.3, 0.4) is 0 Å². The highest BCUT2D eigenvalue weighted by Crippen LogP contribution is 2.45. The Labute approximate surface area is 102 Å². The Hall–Kier alpha value is -1.93. The van der Waals surface area contributed by atoms with Crippen LogP contribution in [0, 0.1) is 0 Å². The monoisotopic (exact) mass is 287 g/mol. The second kappa shape index (κ2) is 4.63. The van der Waals surface area contributed by atoms with E-state index in [2.05, 4.69) is 4.74 Å². The van der Waals surface area contributed by atoms with Crippen molar-refractivity contribution in [2.24, 2.45) is 5.73 Å². The van der Waals surface area contributed by atoms with Gasteiger partial charge >= 0.3 is 12.4 Å². The normalized spacial score (nSPS) is 12.4. The number of alkyl halides is 6. The van der Waals surface area contributed by atoms with Crippen LogP contribution >= 0.6 is 0 Å². The average Bonchev–Trinajstić information content (AvgIpc) is 2.24. The van der Waals surface area contributed by atoms with Crippen molar-refractivity contribution >= 4 is 5.91 Å². The molecule has 0 saturated heterocycles. The molecule has 0 unspecified atom stereocenters. The van der Waals surface area contributed by atoms with E-state index < -0.39 is 40.7 Å². The number of carbonyl (C=O) groups is 1. The molecule has 19 heavy (non-hydrogen) atoms. The summed E-state index contributed by atoms with van der Waals surface area (Å²) in [7, 11) is 0.759. The number of primary amides is 1. The zero-order chi connectivity index (χ0) is 15.0. The Balaban J connectivity index is 3.73. The van der Waals surface area contributed by atoms with Gasteiger partial charge in [0.2, 0.25) is 5.91 Å². The van der Waals surface area contributed by atoms with E-state index in [9.17, 15) is 31.1 Å². The largest absolute Gasteiger partial charge is 0.496 e. The van der Waals surface area contributed by atoms with E-state index in [1.165, 1.54) is 0 Å². The standard InChI is InChI=1S/C10H7F6NO2/c1-19-6-3-4(8(17)18)2-5(9(11,12)13)7(6)10(14,15)16/h2-3H,1H3,(H2,17,18). The summed E-state index contributed by atoms with van der Waals surface area (Å²) in [5.41, 5.74) is 0.0274. The molecule has 1 amide bonds. The van der Waals surface area contributed by atoms with Crippen LogP contribution in [0.25, 0.3) is 0 Å². The summed E-state index contributed by atoms with van der Waals surface area (Å²) in [5.74, 6) is -2.41. The van der Waals surface area contributed by atoms with Crippen molar-refractivity contribution in [2.45, 2.75) is 12.4 Å². The Kier molecular flexibility index (Phi) is 3.69.